The van der Waals surface area contributed by atoms with Crippen molar-refractivity contribution >= 4 is 5.91 Å². The number of aromatic amines is 1. The van der Waals surface area contributed by atoms with E-state index in [4.69, 9.17) is 9.47 Å². The summed E-state index contributed by atoms with van der Waals surface area (Å²) in [7, 11) is 0. The molecule has 2 aromatic carbocycles. The zero-order valence-corrected chi connectivity index (χ0v) is 16.9. The maximum Gasteiger partial charge on any atom is 0.271 e. The van der Waals surface area contributed by atoms with Crippen LogP contribution in [0.2, 0.25) is 0 Å². The van der Waals surface area contributed by atoms with E-state index in [1.54, 1.807) is 0 Å². The topological polar surface area (TPSA) is 70.7 Å². The third kappa shape index (κ3) is 3.76. The van der Waals surface area contributed by atoms with Crippen LogP contribution in [0.25, 0.3) is 11.3 Å². The van der Waals surface area contributed by atoms with Gasteiger partial charge >= 0.3 is 0 Å². The molecule has 7 heteroatoms. The third-order valence-electron chi connectivity index (χ3n) is 5.66. The van der Waals surface area contributed by atoms with E-state index in [0.717, 1.165) is 42.4 Å². The van der Waals surface area contributed by atoms with Gasteiger partial charge in [0.05, 0.1) is 5.69 Å². The molecule has 30 heavy (non-hydrogen) atoms. The lowest BCUT2D eigenvalue weighted by molar-refractivity contribution is 0.0622. The number of amides is 1. The largest absolute Gasteiger partial charge is 0.454 e. The van der Waals surface area contributed by atoms with Crippen LogP contribution in [0.15, 0.2) is 48.5 Å². The zero-order chi connectivity index (χ0) is 20.5. The second-order valence-corrected chi connectivity index (χ2v) is 7.79. The van der Waals surface area contributed by atoms with Gasteiger partial charge in [-0.3, -0.25) is 14.8 Å². The molecule has 0 radical (unpaired) electrons. The summed E-state index contributed by atoms with van der Waals surface area (Å²) >= 11 is 0. The van der Waals surface area contributed by atoms with Gasteiger partial charge in [0.1, 0.15) is 5.69 Å². The van der Waals surface area contributed by atoms with Crippen molar-refractivity contribution in [3.8, 4) is 22.8 Å². The number of fused-ring (bicyclic) bond motifs is 1. The van der Waals surface area contributed by atoms with Gasteiger partial charge in [0, 0.05) is 38.3 Å². The van der Waals surface area contributed by atoms with Crippen molar-refractivity contribution in [2.75, 3.05) is 33.0 Å². The Labute approximate surface area is 175 Å². The zero-order valence-electron chi connectivity index (χ0n) is 16.9. The van der Waals surface area contributed by atoms with Gasteiger partial charge in [-0.15, -0.1) is 0 Å². The van der Waals surface area contributed by atoms with Gasteiger partial charge < -0.3 is 14.4 Å². The van der Waals surface area contributed by atoms with Gasteiger partial charge in [0.2, 0.25) is 6.79 Å². The van der Waals surface area contributed by atoms with Crippen LogP contribution in [0.3, 0.4) is 0 Å². The van der Waals surface area contributed by atoms with Crippen LogP contribution >= 0.6 is 0 Å². The fourth-order valence-corrected chi connectivity index (χ4v) is 3.88. The molecule has 0 spiro atoms. The summed E-state index contributed by atoms with van der Waals surface area (Å²) < 4.78 is 10.8. The number of hydrogen-bond acceptors (Lipinski definition) is 5. The first-order chi connectivity index (χ1) is 14.7. The average Bonchev–Trinajstić information content (AvgIpc) is 3.44. The molecule has 3 heterocycles. The first-order valence-corrected chi connectivity index (χ1v) is 10.2. The minimum atomic E-state index is 0.00333. The summed E-state index contributed by atoms with van der Waals surface area (Å²) in [4.78, 5) is 17.1. The number of carbonyl (C=O) groups is 1. The normalized spacial score (nSPS) is 16.1. The summed E-state index contributed by atoms with van der Waals surface area (Å²) in [6.45, 7) is 6.23. The molecule has 0 aliphatic carbocycles. The molecular weight excluding hydrogens is 380 g/mol. The van der Waals surface area contributed by atoms with E-state index in [9.17, 15) is 4.79 Å². The van der Waals surface area contributed by atoms with Crippen molar-refractivity contribution in [3.63, 3.8) is 0 Å². The first kappa shape index (κ1) is 18.7. The summed E-state index contributed by atoms with van der Waals surface area (Å²) in [5.41, 5.74) is 4.72. The molecule has 3 aromatic rings. The van der Waals surface area contributed by atoms with E-state index in [2.05, 4.69) is 28.1 Å². The molecule has 7 nitrogen and oxygen atoms in total. The Morgan fingerprint density at radius 1 is 1.00 bits per heavy atom. The molecule has 0 atom stereocenters. The predicted molar refractivity (Wildman–Crippen MR) is 113 cm³/mol. The lowest BCUT2D eigenvalue weighted by atomic mass is 10.1. The molecule has 1 fully saturated rings. The van der Waals surface area contributed by atoms with Crippen LogP contribution in [0.4, 0.5) is 0 Å². The molecule has 154 valence electrons. The lowest BCUT2D eigenvalue weighted by Crippen LogP contribution is -2.48. The third-order valence-corrected chi connectivity index (χ3v) is 5.66. The molecule has 1 aromatic heterocycles. The molecule has 2 aliphatic rings. The lowest BCUT2D eigenvalue weighted by Gasteiger charge is -2.34. The number of rotatable bonds is 4. The molecule has 1 saturated heterocycles. The number of carbonyl (C=O) groups excluding carboxylic acids is 1. The van der Waals surface area contributed by atoms with Gasteiger partial charge in [-0.1, -0.05) is 35.9 Å². The summed E-state index contributed by atoms with van der Waals surface area (Å²) in [6.07, 6.45) is 0. The number of ether oxygens (including phenoxy) is 2. The number of benzene rings is 2. The van der Waals surface area contributed by atoms with Crippen molar-refractivity contribution in [2.45, 2.75) is 13.5 Å². The van der Waals surface area contributed by atoms with Crippen molar-refractivity contribution < 1.29 is 14.3 Å². The predicted octanol–water partition coefficient (Wildman–Crippen LogP) is 3.07. The number of nitrogens with zero attached hydrogens (tertiary/aromatic N) is 3. The summed E-state index contributed by atoms with van der Waals surface area (Å²) in [6, 6.07) is 16.0. The smallest absolute Gasteiger partial charge is 0.271 e. The molecular formula is C23H24N4O3. The number of aromatic nitrogens is 2. The fraction of sp³-hybridized carbons (Fsp3) is 0.304. The average molecular weight is 404 g/mol. The highest BCUT2D eigenvalue weighted by atomic mass is 16.7. The number of piperazine rings is 1. The monoisotopic (exact) mass is 404 g/mol. The minimum absolute atomic E-state index is 0.00333. The van der Waals surface area contributed by atoms with Gasteiger partial charge in [0.25, 0.3) is 5.91 Å². The Morgan fingerprint density at radius 2 is 1.77 bits per heavy atom. The maximum absolute atomic E-state index is 12.9. The summed E-state index contributed by atoms with van der Waals surface area (Å²) in [5, 5.41) is 7.24. The highest BCUT2D eigenvalue weighted by molar-refractivity contribution is 5.93. The van der Waals surface area contributed by atoms with Crippen LogP contribution in [-0.2, 0) is 6.54 Å². The molecule has 0 unspecified atom stereocenters. The van der Waals surface area contributed by atoms with E-state index < -0.39 is 0 Å². The van der Waals surface area contributed by atoms with Gasteiger partial charge in [-0.2, -0.15) is 5.10 Å². The Balaban J connectivity index is 1.18. The second kappa shape index (κ2) is 7.84. The molecule has 1 amide bonds. The van der Waals surface area contributed by atoms with Crippen LogP contribution in [0, 0.1) is 6.92 Å². The maximum atomic E-state index is 12.9. The molecule has 1 N–H and O–H groups in total. The van der Waals surface area contributed by atoms with Crippen LogP contribution in [0.5, 0.6) is 11.5 Å². The fourth-order valence-electron chi connectivity index (χ4n) is 3.88. The van der Waals surface area contributed by atoms with Crippen LogP contribution < -0.4 is 9.47 Å². The number of H-pyrrole nitrogens is 1. The Bertz CT molecular complexity index is 1050. The van der Waals surface area contributed by atoms with E-state index >= 15 is 0 Å². The van der Waals surface area contributed by atoms with Gasteiger partial charge in [-0.05, 0) is 30.7 Å². The Hall–Kier alpha value is -3.32. The number of hydrogen-bond donors (Lipinski definition) is 1. The van der Waals surface area contributed by atoms with E-state index in [0.29, 0.717) is 25.6 Å². The first-order valence-electron chi connectivity index (χ1n) is 10.2. The van der Waals surface area contributed by atoms with E-state index in [-0.39, 0.29) is 5.91 Å². The number of nitrogens with one attached hydrogen (secondary N) is 1. The van der Waals surface area contributed by atoms with E-state index in [1.165, 1.54) is 11.1 Å². The second-order valence-electron chi connectivity index (χ2n) is 7.79. The van der Waals surface area contributed by atoms with Gasteiger partial charge in [0.15, 0.2) is 11.5 Å². The van der Waals surface area contributed by atoms with Crippen molar-refractivity contribution in [1.29, 1.82) is 0 Å². The van der Waals surface area contributed by atoms with Crippen LogP contribution in [-0.4, -0.2) is 58.9 Å². The van der Waals surface area contributed by atoms with Crippen molar-refractivity contribution in [3.05, 3.63) is 65.4 Å². The highest BCUT2D eigenvalue weighted by Gasteiger charge is 2.24. The molecule has 0 saturated carbocycles. The number of aryl methyl sites for hydroxylation is 1. The Morgan fingerprint density at radius 3 is 2.57 bits per heavy atom. The molecule has 0 bridgehead atoms. The van der Waals surface area contributed by atoms with Gasteiger partial charge in [-0.25, -0.2) is 0 Å². The quantitative estimate of drug-likeness (QED) is 0.724. The van der Waals surface area contributed by atoms with Crippen molar-refractivity contribution in [1.82, 2.24) is 20.0 Å². The standard InChI is InChI=1S/C23H24N4O3/c1-16-2-5-18(6-3-16)19-13-20(25-24-19)23(28)27-10-8-26(9-11-27)14-17-4-7-21-22(12-17)30-15-29-21/h2-7,12-13H,8-11,14-15H2,1H3,(H,24,25). The Kier molecular flexibility index (Phi) is 4.88. The molecule has 2 aliphatic heterocycles. The van der Waals surface area contributed by atoms with Crippen LogP contribution in [0.1, 0.15) is 21.6 Å². The van der Waals surface area contributed by atoms with Crippen molar-refractivity contribution in [2.24, 2.45) is 0 Å². The molecule has 5 rings (SSSR count). The SMILES string of the molecule is Cc1ccc(-c2cc(C(=O)N3CCN(Cc4ccc5c(c4)OCO5)CC3)[nH]n2)cc1. The summed E-state index contributed by atoms with van der Waals surface area (Å²) in [5.74, 6) is 1.62. The highest BCUT2D eigenvalue weighted by Crippen LogP contribution is 2.32. The van der Waals surface area contributed by atoms with E-state index in [1.807, 2.05) is 47.4 Å². The minimum Gasteiger partial charge on any atom is -0.454 e.